The molecule has 2 N–H and O–H groups in total. The van der Waals surface area contributed by atoms with Gasteiger partial charge in [-0.15, -0.1) is 0 Å². The van der Waals surface area contributed by atoms with E-state index in [1.807, 2.05) is 20.8 Å². The minimum absolute atomic E-state index is 0.144. The second-order valence-corrected chi connectivity index (χ2v) is 5.88. The maximum absolute atomic E-state index is 13.3. The van der Waals surface area contributed by atoms with Crippen molar-refractivity contribution in [2.75, 3.05) is 20.2 Å². The Morgan fingerprint density at radius 3 is 2.55 bits per heavy atom. The smallest absolute Gasteiger partial charge is 0.239 e. The highest BCUT2D eigenvalue weighted by Gasteiger charge is 2.29. The van der Waals surface area contributed by atoms with E-state index in [1.54, 1.807) is 25.2 Å². The first-order chi connectivity index (χ1) is 9.23. The van der Waals surface area contributed by atoms with Crippen LogP contribution in [0.5, 0.6) is 5.75 Å². The molecule has 1 aromatic rings. The molecule has 0 radical (unpaired) electrons. The van der Waals surface area contributed by atoms with E-state index < -0.39 is 11.9 Å². The van der Waals surface area contributed by atoms with Crippen molar-refractivity contribution >= 4 is 5.91 Å². The van der Waals surface area contributed by atoms with Gasteiger partial charge in [0.1, 0.15) is 6.61 Å². The molecule has 1 atom stereocenters. The molecule has 1 unspecified atom stereocenters. The van der Waals surface area contributed by atoms with Crippen molar-refractivity contribution in [1.29, 1.82) is 0 Å². The third kappa shape index (κ3) is 4.49. The van der Waals surface area contributed by atoms with Crippen LogP contribution in [-0.2, 0) is 4.79 Å². The van der Waals surface area contributed by atoms with Gasteiger partial charge in [-0.25, -0.2) is 4.39 Å². The van der Waals surface area contributed by atoms with Crippen molar-refractivity contribution in [3.05, 3.63) is 30.1 Å². The molecule has 4 nitrogen and oxygen atoms in total. The highest BCUT2D eigenvalue weighted by Crippen LogP contribution is 2.19. The summed E-state index contributed by atoms with van der Waals surface area (Å²) in [5.74, 6) is -0.365. The number of para-hydroxylation sites is 1. The Kier molecular flexibility index (Phi) is 5.51. The zero-order valence-electron chi connectivity index (χ0n) is 12.5. The number of hydrogen-bond acceptors (Lipinski definition) is 3. The van der Waals surface area contributed by atoms with Gasteiger partial charge in [0.25, 0.3) is 0 Å². The Morgan fingerprint density at radius 1 is 1.40 bits per heavy atom. The van der Waals surface area contributed by atoms with Crippen LogP contribution in [0.4, 0.5) is 4.39 Å². The van der Waals surface area contributed by atoms with E-state index in [0.717, 1.165) is 0 Å². The number of nitrogens with two attached hydrogens (primary N) is 1. The average molecular weight is 282 g/mol. The number of carbonyl (C=O) groups is 1. The van der Waals surface area contributed by atoms with E-state index in [4.69, 9.17) is 10.5 Å². The van der Waals surface area contributed by atoms with Crippen molar-refractivity contribution in [1.82, 2.24) is 4.90 Å². The second-order valence-electron chi connectivity index (χ2n) is 5.88. The van der Waals surface area contributed by atoms with Crippen molar-refractivity contribution < 1.29 is 13.9 Å². The lowest BCUT2D eigenvalue weighted by Gasteiger charge is -2.29. The Bertz CT molecular complexity index is 457. The van der Waals surface area contributed by atoms with Gasteiger partial charge in [-0.3, -0.25) is 4.79 Å². The van der Waals surface area contributed by atoms with Gasteiger partial charge >= 0.3 is 0 Å². The van der Waals surface area contributed by atoms with Gasteiger partial charge in [-0.2, -0.15) is 0 Å². The Hall–Kier alpha value is -1.62. The van der Waals surface area contributed by atoms with E-state index in [2.05, 4.69) is 0 Å². The molecule has 0 aliphatic rings. The summed E-state index contributed by atoms with van der Waals surface area (Å²) in [6.07, 6.45) is 0. The number of benzene rings is 1. The minimum Gasteiger partial charge on any atom is -0.489 e. The minimum atomic E-state index is -0.569. The zero-order valence-corrected chi connectivity index (χ0v) is 12.5. The molecule has 20 heavy (non-hydrogen) atoms. The first kappa shape index (κ1) is 16.4. The second kappa shape index (κ2) is 6.70. The third-order valence-electron chi connectivity index (χ3n) is 3.10. The third-order valence-corrected chi connectivity index (χ3v) is 3.10. The number of amides is 1. The van der Waals surface area contributed by atoms with Crippen LogP contribution in [0.25, 0.3) is 0 Å². The van der Waals surface area contributed by atoms with Gasteiger partial charge in [0.05, 0.1) is 12.6 Å². The van der Waals surface area contributed by atoms with Crippen LogP contribution in [0.15, 0.2) is 24.3 Å². The van der Waals surface area contributed by atoms with Gasteiger partial charge in [0.2, 0.25) is 5.91 Å². The normalized spacial score (nSPS) is 12.9. The summed E-state index contributed by atoms with van der Waals surface area (Å²) >= 11 is 0. The van der Waals surface area contributed by atoms with Crippen molar-refractivity contribution in [2.24, 2.45) is 11.1 Å². The van der Waals surface area contributed by atoms with Crippen LogP contribution in [0, 0.1) is 11.2 Å². The molecular formula is C15H23FN2O2. The molecule has 0 aliphatic heterocycles. The fourth-order valence-electron chi connectivity index (χ4n) is 1.57. The summed E-state index contributed by atoms with van der Waals surface area (Å²) in [6, 6.07) is 5.61. The maximum Gasteiger partial charge on any atom is 0.239 e. The predicted molar refractivity (Wildman–Crippen MR) is 77.0 cm³/mol. The average Bonchev–Trinajstić information content (AvgIpc) is 2.38. The molecule has 1 amide bonds. The van der Waals surface area contributed by atoms with E-state index in [-0.39, 0.29) is 23.7 Å². The molecule has 5 heteroatoms. The summed E-state index contributed by atoms with van der Waals surface area (Å²) in [6.45, 7) is 6.33. The fraction of sp³-hybridized carbons (Fsp3) is 0.533. The van der Waals surface area contributed by atoms with Gasteiger partial charge in [-0.1, -0.05) is 32.9 Å². The van der Waals surface area contributed by atoms with Crippen LogP contribution in [-0.4, -0.2) is 37.0 Å². The number of rotatable bonds is 5. The standard InChI is InChI=1S/C15H23FN2O2/c1-15(2,3)13(17)14(19)18(4)9-10-20-12-8-6-5-7-11(12)16/h5-8,13H,9-10,17H2,1-4H3. The largest absolute Gasteiger partial charge is 0.489 e. The zero-order chi connectivity index (χ0) is 15.3. The van der Waals surface area contributed by atoms with Crippen molar-refractivity contribution in [3.63, 3.8) is 0 Å². The van der Waals surface area contributed by atoms with Crippen LogP contribution in [0.1, 0.15) is 20.8 Å². The quantitative estimate of drug-likeness (QED) is 0.899. The number of carbonyl (C=O) groups excluding carboxylic acids is 1. The highest BCUT2D eigenvalue weighted by molar-refractivity contribution is 5.82. The first-order valence-electron chi connectivity index (χ1n) is 6.61. The monoisotopic (exact) mass is 282 g/mol. The summed E-state index contributed by atoms with van der Waals surface area (Å²) in [5, 5.41) is 0. The lowest BCUT2D eigenvalue weighted by atomic mass is 9.86. The van der Waals surface area contributed by atoms with Crippen LogP contribution in [0.2, 0.25) is 0 Å². The Balaban J connectivity index is 2.46. The molecule has 0 fully saturated rings. The molecular weight excluding hydrogens is 259 g/mol. The van der Waals surface area contributed by atoms with Crippen molar-refractivity contribution in [3.8, 4) is 5.75 Å². The molecule has 1 rings (SSSR count). The van der Waals surface area contributed by atoms with Gasteiger partial charge in [0, 0.05) is 7.05 Å². The van der Waals surface area contributed by atoms with Crippen LogP contribution >= 0.6 is 0 Å². The molecule has 0 aromatic heterocycles. The van der Waals surface area contributed by atoms with Gasteiger partial charge in [-0.05, 0) is 17.5 Å². The number of halogens is 1. The summed E-state index contributed by atoms with van der Waals surface area (Å²) in [7, 11) is 1.67. The Labute approximate surface area is 119 Å². The number of ether oxygens (including phenoxy) is 1. The lowest BCUT2D eigenvalue weighted by Crippen LogP contribution is -2.50. The van der Waals surface area contributed by atoms with E-state index in [9.17, 15) is 9.18 Å². The molecule has 112 valence electrons. The summed E-state index contributed by atoms with van der Waals surface area (Å²) in [4.78, 5) is 13.6. The van der Waals surface area contributed by atoms with E-state index >= 15 is 0 Å². The van der Waals surface area contributed by atoms with Gasteiger partial charge < -0.3 is 15.4 Å². The topological polar surface area (TPSA) is 55.6 Å². The Morgan fingerprint density at radius 2 is 2.00 bits per heavy atom. The summed E-state index contributed by atoms with van der Waals surface area (Å²) < 4.78 is 18.6. The SMILES string of the molecule is CN(CCOc1ccccc1F)C(=O)C(N)C(C)(C)C. The first-order valence-corrected chi connectivity index (χ1v) is 6.61. The number of nitrogens with zero attached hydrogens (tertiary/aromatic N) is 1. The molecule has 0 saturated carbocycles. The molecule has 1 aromatic carbocycles. The highest BCUT2D eigenvalue weighted by atomic mass is 19.1. The van der Waals surface area contributed by atoms with Gasteiger partial charge in [0.15, 0.2) is 11.6 Å². The number of likely N-dealkylation sites (N-methyl/N-ethyl adjacent to an activating group) is 1. The summed E-state index contributed by atoms with van der Waals surface area (Å²) in [5.41, 5.74) is 5.62. The van der Waals surface area contributed by atoms with Crippen LogP contribution < -0.4 is 10.5 Å². The van der Waals surface area contributed by atoms with E-state index in [1.165, 1.54) is 11.0 Å². The lowest BCUT2D eigenvalue weighted by molar-refractivity contribution is -0.133. The molecule has 0 saturated heterocycles. The van der Waals surface area contributed by atoms with E-state index in [0.29, 0.717) is 6.54 Å². The maximum atomic E-state index is 13.3. The van der Waals surface area contributed by atoms with Crippen LogP contribution in [0.3, 0.4) is 0 Å². The molecule has 0 aliphatic carbocycles. The molecule has 0 bridgehead atoms. The number of hydrogen-bond donors (Lipinski definition) is 1. The predicted octanol–water partition coefficient (Wildman–Crippen LogP) is 2.04. The van der Waals surface area contributed by atoms with Crippen molar-refractivity contribution in [2.45, 2.75) is 26.8 Å². The molecule has 0 spiro atoms. The fourth-order valence-corrected chi connectivity index (χ4v) is 1.57. The molecule has 0 heterocycles.